The SMILES string of the molecule is CCOc1ccc(S(=O)(=O)N(CC(=O)Nc2ccc(N3CCCC3=O)c(C)c2)c2ccc(C)cc2)cc1. The number of amides is 2. The Bertz CT molecular complexity index is 1390. The highest BCUT2D eigenvalue weighted by molar-refractivity contribution is 7.92. The second-order valence-electron chi connectivity index (χ2n) is 8.95. The number of nitrogens with one attached hydrogen (secondary N) is 1. The van der Waals surface area contributed by atoms with Crippen molar-refractivity contribution in [2.45, 2.75) is 38.5 Å². The van der Waals surface area contributed by atoms with Gasteiger partial charge in [-0.25, -0.2) is 8.42 Å². The lowest BCUT2D eigenvalue weighted by Crippen LogP contribution is -2.38. The van der Waals surface area contributed by atoms with E-state index in [-0.39, 0.29) is 10.8 Å². The molecule has 9 heteroatoms. The first kappa shape index (κ1) is 26.2. The Morgan fingerprint density at radius 2 is 1.73 bits per heavy atom. The zero-order chi connectivity index (χ0) is 26.6. The lowest BCUT2D eigenvalue weighted by Gasteiger charge is -2.24. The van der Waals surface area contributed by atoms with Crippen LogP contribution in [0.3, 0.4) is 0 Å². The number of benzene rings is 3. The first-order valence-electron chi connectivity index (χ1n) is 12.2. The number of hydrogen-bond donors (Lipinski definition) is 1. The lowest BCUT2D eigenvalue weighted by atomic mass is 10.1. The number of nitrogens with zero attached hydrogens (tertiary/aromatic N) is 2. The number of hydrogen-bond acceptors (Lipinski definition) is 5. The summed E-state index contributed by atoms with van der Waals surface area (Å²) in [5.41, 5.74) is 3.55. The Morgan fingerprint density at radius 1 is 1.03 bits per heavy atom. The van der Waals surface area contributed by atoms with Gasteiger partial charge in [-0.05, 0) is 87.4 Å². The van der Waals surface area contributed by atoms with Gasteiger partial charge < -0.3 is 15.0 Å². The van der Waals surface area contributed by atoms with E-state index in [1.54, 1.807) is 53.4 Å². The van der Waals surface area contributed by atoms with Crippen molar-refractivity contribution in [1.29, 1.82) is 0 Å². The smallest absolute Gasteiger partial charge is 0.264 e. The standard InChI is InChI=1S/C28H31N3O5S/c1-4-36-24-12-14-25(15-13-24)37(34,35)31(23-10-7-20(2)8-11-23)19-27(32)29-22-9-16-26(21(3)18-22)30-17-5-6-28(30)33/h7-16,18H,4-6,17,19H2,1-3H3,(H,29,32). The van der Waals surface area contributed by atoms with E-state index in [0.29, 0.717) is 36.7 Å². The van der Waals surface area contributed by atoms with Crippen molar-refractivity contribution in [1.82, 2.24) is 0 Å². The molecule has 0 aliphatic carbocycles. The number of rotatable bonds is 9. The van der Waals surface area contributed by atoms with Crippen molar-refractivity contribution in [2.75, 3.05) is 34.2 Å². The van der Waals surface area contributed by atoms with Crippen LogP contribution < -0.4 is 19.3 Å². The molecular formula is C28H31N3O5S. The van der Waals surface area contributed by atoms with Crippen LogP contribution >= 0.6 is 0 Å². The predicted octanol–water partition coefficient (Wildman–Crippen LogP) is 4.66. The molecule has 4 rings (SSSR count). The molecule has 0 radical (unpaired) electrons. The third-order valence-corrected chi connectivity index (χ3v) is 7.96. The Kier molecular flexibility index (Phi) is 7.83. The van der Waals surface area contributed by atoms with E-state index >= 15 is 0 Å². The zero-order valence-electron chi connectivity index (χ0n) is 21.2. The summed E-state index contributed by atoms with van der Waals surface area (Å²) in [5, 5.41) is 2.80. The molecule has 1 aliphatic heterocycles. The van der Waals surface area contributed by atoms with Gasteiger partial charge >= 0.3 is 0 Å². The lowest BCUT2D eigenvalue weighted by molar-refractivity contribution is -0.117. The third kappa shape index (κ3) is 5.94. The fourth-order valence-corrected chi connectivity index (χ4v) is 5.72. The van der Waals surface area contributed by atoms with E-state index in [9.17, 15) is 18.0 Å². The quantitative estimate of drug-likeness (QED) is 0.442. The number of carbonyl (C=O) groups excluding carboxylic acids is 2. The number of aryl methyl sites for hydroxylation is 2. The van der Waals surface area contributed by atoms with Crippen LogP contribution in [0.4, 0.5) is 17.1 Å². The molecule has 194 valence electrons. The normalized spacial score (nSPS) is 13.5. The number of ether oxygens (including phenoxy) is 1. The average molecular weight is 522 g/mol. The molecule has 0 bridgehead atoms. The molecule has 0 atom stereocenters. The maximum atomic E-state index is 13.6. The maximum absolute atomic E-state index is 13.6. The summed E-state index contributed by atoms with van der Waals surface area (Å²) < 4.78 is 33.8. The van der Waals surface area contributed by atoms with E-state index in [4.69, 9.17) is 4.74 Å². The molecule has 0 unspecified atom stereocenters. The Morgan fingerprint density at radius 3 is 2.32 bits per heavy atom. The van der Waals surface area contributed by atoms with Gasteiger partial charge in [0.05, 0.1) is 17.2 Å². The van der Waals surface area contributed by atoms with Crippen LogP contribution in [0.2, 0.25) is 0 Å². The van der Waals surface area contributed by atoms with Crippen molar-refractivity contribution >= 4 is 38.9 Å². The van der Waals surface area contributed by atoms with Crippen LogP contribution in [0.15, 0.2) is 71.6 Å². The molecule has 1 fully saturated rings. The second-order valence-corrected chi connectivity index (χ2v) is 10.8. The van der Waals surface area contributed by atoms with Crippen LogP contribution in [-0.4, -0.2) is 39.9 Å². The first-order valence-corrected chi connectivity index (χ1v) is 13.7. The van der Waals surface area contributed by atoms with Crippen LogP contribution in [-0.2, 0) is 19.6 Å². The van der Waals surface area contributed by atoms with E-state index in [0.717, 1.165) is 27.5 Å². The molecule has 8 nitrogen and oxygen atoms in total. The van der Waals surface area contributed by atoms with Gasteiger partial charge in [0.15, 0.2) is 0 Å². The molecule has 0 aromatic heterocycles. The van der Waals surface area contributed by atoms with E-state index in [1.165, 1.54) is 12.1 Å². The van der Waals surface area contributed by atoms with E-state index in [1.807, 2.05) is 26.8 Å². The third-order valence-electron chi connectivity index (χ3n) is 6.18. The van der Waals surface area contributed by atoms with Crippen molar-refractivity contribution in [3.8, 4) is 5.75 Å². The molecule has 1 saturated heterocycles. The van der Waals surface area contributed by atoms with Crippen LogP contribution in [0.1, 0.15) is 30.9 Å². The first-order chi connectivity index (χ1) is 17.7. The number of anilines is 3. The fourth-order valence-electron chi connectivity index (χ4n) is 4.30. The fraction of sp³-hybridized carbons (Fsp3) is 0.286. The molecule has 3 aromatic carbocycles. The summed E-state index contributed by atoms with van der Waals surface area (Å²) in [6.07, 6.45) is 1.37. The summed E-state index contributed by atoms with van der Waals surface area (Å²) in [4.78, 5) is 27.0. The molecule has 1 N–H and O–H groups in total. The van der Waals surface area contributed by atoms with Gasteiger partial charge in [0, 0.05) is 24.3 Å². The number of carbonyl (C=O) groups is 2. The molecule has 3 aromatic rings. The van der Waals surface area contributed by atoms with Gasteiger partial charge in [-0.3, -0.25) is 13.9 Å². The van der Waals surface area contributed by atoms with E-state index < -0.39 is 22.5 Å². The minimum atomic E-state index is -4.05. The van der Waals surface area contributed by atoms with Crippen LogP contribution in [0.25, 0.3) is 0 Å². The van der Waals surface area contributed by atoms with Gasteiger partial charge in [-0.1, -0.05) is 17.7 Å². The monoisotopic (exact) mass is 521 g/mol. The molecule has 37 heavy (non-hydrogen) atoms. The summed E-state index contributed by atoms with van der Waals surface area (Å²) in [6.45, 7) is 6.37. The predicted molar refractivity (Wildman–Crippen MR) is 145 cm³/mol. The molecule has 1 aliphatic rings. The van der Waals surface area contributed by atoms with Gasteiger partial charge in [0.2, 0.25) is 11.8 Å². The zero-order valence-corrected chi connectivity index (χ0v) is 22.0. The summed E-state index contributed by atoms with van der Waals surface area (Å²) in [5.74, 6) is 0.170. The minimum absolute atomic E-state index is 0.0554. The molecule has 1 heterocycles. The Balaban J connectivity index is 1.57. The largest absolute Gasteiger partial charge is 0.494 e. The summed E-state index contributed by atoms with van der Waals surface area (Å²) in [6, 6.07) is 18.4. The maximum Gasteiger partial charge on any atom is 0.264 e. The molecule has 0 saturated carbocycles. The van der Waals surface area contributed by atoms with Gasteiger partial charge in [-0.15, -0.1) is 0 Å². The highest BCUT2D eigenvalue weighted by Crippen LogP contribution is 2.28. The summed E-state index contributed by atoms with van der Waals surface area (Å²) >= 11 is 0. The number of sulfonamides is 1. The van der Waals surface area contributed by atoms with Crippen molar-refractivity contribution in [3.63, 3.8) is 0 Å². The Hall–Kier alpha value is -3.85. The highest BCUT2D eigenvalue weighted by Gasteiger charge is 2.28. The van der Waals surface area contributed by atoms with Gasteiger partial charge in [0.1, 0.15) is 12.3 Å². The molecule has 0 spiro atoms. The van der Waals surface area contributed by atoms with Crippen molar-refractivity contribution < 1.29 is 22.7 Å². The Labute approximate surface area is 217 Å². The van der Waals surface area contributed by atoms with Gasteiger partial charge in [0.25, 0.3) is 10.0 Å². The van der Waals surface area contributed by atoms with Crippen LogP contribution in [0, 0.1) is 13.8 Å². The molecular weight excluding hydrogens is 490 g/mol. The highest BCUT2D eigenvalue weighted by atomic mass is 32.2. The van der Waals surface area contributed by atoms with Crippen LogP contribution in [0.5, 0.6) is 5.75 Å². The van der Waals surface area contributed by atoms with Gasteiger partial charge in [-0.2, -0.15) is 0 Å². The van der Waals surface area contributed by atoms with Crippen molar-refractivity contribution in [3.05, 3.63) is 77.9 Å². The minimum Gasteiger partial charge on any atom is -0.494 e. The van der Waals surface area contributed by atoms with E-state index in [2.05, 4.69) is 5.32 Å². The average Bonchev–Trinajstić information content (AvgIpc) is 3.29. The summed E-state index contributed by atoms with van der Waals surface area (Å²) in [7, 11) is -4.05. The second kappa shape index (κ2) is 11.0. The van der Waals surface area contributed by atoms with Crippen molar-refractivity contribution in [2.24, 2.45) is 0 Å². The molecule has 2 amide bonds. The topological polar surface area (TPSA) is 96.0 Å².